The van der Waals surface area contributed by atoms with Gasteiger partial charge in [-0.3, -0.25) is 0 Å². The number of rotatable bonds is 9. The van der Waals surface area contributed by atoms with Gasteiger partial charge in [0.15, 0.2) is 0 Å². The molecule has 3 nitrogen and oxygen atoms in total. The molecule has 0 rings (SSSR count). The molecule has 0 aromatic heterocycles. The molecule has 0 aliphatic heterocycles. The second-order valence-corrected chi connectivity index (χ2v) is 3.12. The number of alkyl halides is 3. The van der Waals surface area contributed by atoms with E-state index >= 15 is 0 Å². The zero-order valence-corrected chi connectivity index (χ0v) is 8.90. The van der Waals surface area contributed by atoms with E-state index in [1.165, 1.54) is 0 Å². The molecule has 0 spiro atoms. The summed E-state index contributed by atoms with van der Waals surface area (Å²) in [6.07, 6.45) is -2.77. The Balaban J connectivity index is 2.99. The van der Waals surface area contributed by atoms with Crippen LogP contribution in [0.5, 0.6) is 0 Å². The molecule has 0 heterocycles. The standard InChI is InChI=1S/C9H18F3NO2/c1-14-7-5-13-4-2-3-6-15-8-9(10,11)12/h13H,2-8H2,1H3. The Morgan fingerprint density at radius 2 is 1.80 bits per heavy atom. The summed E-state index contributed by atoms with van der Waals surface area (Å²) >= 11 is 0. The van der Waals surface area contributed by atoms with Crippen molar-refractivity contribution in [2.24, 2.45) is 0 Å². The lowest BCUT2D eigenvalue weighted by molar-refractivity contribution is -0.174. The fraction of sp³-hybridized carbons (Fsp3) is 1.00. The third-order valence-electron chi connectivity index (χ3n) is 1.64. The molecule has 92 valence electrons. The van der Waals surface area contributed by atoms with Gasteiger partial charge in [-0.2, -0.15) is 13.2 Å². The molecule has 0 saturated heterocycles. The van der Waals surface area contributed by atoms with Crippen LogP contribution in [0.3, 0.4) is 0 Å². The maximum atomic E-state index is 11.6. The summed E-state index contributed by atoms with van der Waals surface area (Å²) in [5.41, 5.74) is 0. The van der Waals surface area contributed by atoms with Crippen molar-refractivity contribution in [3.63, 3.8) is 0 Å². The van der Waals surface area contributed by atoms with Crippen LogP contribution in [-0.4, -0.2) is 46.2 Å². The molecule has 0 unspecified atom stereocenters. The predicted octanol–water partition coefficient (Wildman–Crippen LogP) is 1.58. The van der Waals surface area contributed by atoms with Gasteiger partial charge in [0.25, 0.3) is 0 Å². The largest absolute Gasteiger partial charge is 0.411 e. The Morgan fingerprint density at radius 3 is 2.40 bits per heavy atom. The molecule has 0 aromatic carbocycles. The summed E-state index contributed by atoms with van der Waals surface area (Å²) in [6.45, 7) is 1.19. The second-order valence-electron chi connectivity index (χ2n) is 3.12. The van der Waals surface area contributed by atoms with Crippen molar-refractivity contribution in [2.45, 2.75) is 19.0 Å². The van der Waals surface area contributed by atoms with Gasteiger partial charge in [0.2, 0.25) is 0 Å². The van der Waals surface area contributed by atoms with E-state index in [0.29, 0.717) is 13.0 Å². The first-order valence-corrected chi connectivity index (χ1v) is 4.90. The zero-order chi connectivity index (χ0) is 11.6. The Kier molecular flexibility index (Phi) is 8.74. The topological polar surface area (TPSA) is 30.5 Å². The number of methoxy groups -OCH3 is 1. The van der Waals surface area contributed by atoms with E-state index in [1.54, 1.807) is 7.11 Å². The highest BCUT2D eigenvalue weighted by molar-refractivity contribution is 4.49. The van der Waals surface area contributed by atoms with Crippen molar-refractivity contribution in [3.8, 4) is 0 Å². The highest BCUT2D eigenvalue weighted by Gasteiger charge is 2.26. The molecule has 0 aromatic rings. The SMILES string of the molecule is COCCNCCCCOCC(F)(F)F. The summed E-state index contributed by atoms with van der Waals surface area (Å²) in [6, 6.07) is 0. The lowest BCUT2D eigenvalue weighted by Gasteiger charge is -2.07. The molecule has 1 N–H and O–H groups in total. The molecule has 6 heteroatoms. The first-order valence-electron chi connectivity index (χ1n) is 4.90. The van der Waals surface area contributed by atoms with Gasteiger partial charge < -0.3 is 14.8 Å². The zero-order valence-electron chi connectivity index (χ0n) is 8.90. The molecule has 0 bridgehead atoms. The van der Waals surface area contributed by atoms with Crippen molar-refractivity contribution >= 4 is 0 Å². The average molecular weight is 229 g/mol. The van der Waals surface area contributed by atoms with Crippen molar-refractivity contribution in [2.75, 3.05) is 40.0 Å². The van der Waals surface area contributed by atoms with Gasteiger partial charge in [0.05, 0.1) is 6.61 Å². The van der Waals surface area contributed by atoms with Crippen LogP contribution in [0.2, 0.25) is 0 Å². The highest BCUT2D eigenvalue weighted by atomic mass is 19.4. The third-order valence-corrected chi connectivity index (χ3v) is 1.64. The number of hydrogen-bond donors (Lipinski definition) is 1. The van der Waals surface area contributed by atoms with E-state index in [9.17, 15) is 13.2 Å². The normalized spacial score (nSPS) is 12.0. The molecular formula is C9H18F3NO2. The van der Waals surface area contributed by atoms with E-state index in [1.807, 2.05) is 0 Å². The minimum atomic E-state index is -4.21. The van der Waals surface area contributed by atoms with Gasteiger partial charge in [-0.1, -0.05) is 0 Å². The molecule has 0 radical (unpaired) electrons. The summed E-state index contributed by atoms with van der Waals surface area (Å²) < 4.78 is 44.1. The van der Waals surface area contributed by atoms with Crippen LogP contribution in [0.4, 0.5) is 13.2 Å². The van der Waals surface area contributed by atoms with Crippen LogP contribution in [0.15, 0.2) is 0 Å². The summed E-state index contributed by atoms with van der Waals surface area (Å²) in [7, 11) is 1.62. The Morgan fingerprint density at radius 1 is 1.07 bits per heavy atom. The maximum absolute atomic E-state index is 11.6. The Hall–Kier alpha value is -0.330. The number of ether oxygens (including phenoxy) is 2. The average Bonchev–Trinajstić information content (AvgIpc) is 2.14. The van der Waals surface area contributed by atoms with E-state index in [2.05, 4.69) is 10.1 Å². The minimum Gasteiger partial charge on any atom is -0.383 e. The van der Waals surface area contributed by atoms with Crippen LogP contribution < -0.4 is 5.32 Å². The summed E-state index contributed by atoms with van der Waals surface area (Å²) in [5, 5.41) is 3.09. The van der Waals surface area contributed by atoms with Gasteiger partial charge in [-0.05, 0) is 19.4 Å². The highest BCUT2D eigenvalue weighted by Crippen LogP contribution is 2.14. The van der Waals surface area contributed by atoms with Gasteiger partial charge >= 0.3 is 6.18 Å². The van der Waals surface area contributed by atoms with Crippen molar-refractivity contribution in [1.82, 2.24) is 5.32 Å². The van der Waals surface area contributed by atoms with Crippen LogP contribution in [0.1, 0.15) is 12.8 Å². The van der Waals surface area contributed by atoms with Gasteiger partial charge in [0, 0.05) is 20.3 Å². The monoisotopic (exact) mass is 229 g/mol. The molecule has 0 fully saturated rings. The molecule has 0 aliphatic carbocycles. The fourth-order valence-corrected chi connectivity index (χ4v) is 0.941. The second kappa shape index (κ2) is 8.94. The minimum absolute atomic E-state index is 0.158. The Bertz CT molecular complexity index is 142. The van der Waals surface area contributed by atoms with Crippen molar-refractivity contribution in [3.05, 3.63) is 0 Å². The van der Waals surface area contributed by atoms with Crippen LogP contribution >= 0.6 is 0 Å². The molecule has 0 saturated carbocycles. The fourth-order valence-electron chi connectivity index (χ4n) is 0.941. The van der Waals surface area contributed by atoms with Crippen LogP contribution in [0.25, 0.3) is 0 Å². The molecule has 0 aliphatic rings. The maximum Gasteiger partial charge on any atom is 0.411 e. The van der Waals surface area contributed by atoms with E-state index in [-0.39, 0.29) is 6.61 Å². The number of unbranched alkanes of at least 4 members (excludes halogenated alkanes) is 1. The molecular weight excluding hydrogens is 211 g/mol. The lowest BCUT2D eigenvalue weighted by Crippen LogP contribution is -2.21. The number of halogens is 3. The van der Waals surface area contributed by atoms with Crippen molar-refractivity contribution in [1.29, 1.82) is 0 Å². The van der Waals surface area contributed by atoms with Crippen LogP contribution in [0, 0.1) is 0 Å². The van der Waals surface area contributed by atoms with Crippen LogP contribution in [-0.2, 0) is 9.47 Å². The van der Waals surface area contributed by atoms with E-state index in [4.69, 9.17) is 4.74 Å². The van der Waals surface area contributed by atoms with E-state index < -0.39 is 12.8 Å². The smallest absolute Gasteiger partial charge is 0.383 e. The van der Waals surface area contributed by atoms with Gasteiger partial charge in [-0.25, -0.2) is 0 Å². The lowest BCUT2D eigenvalue weighted by atomic mass is 10.3. The van der Waals surface area contributed by atoms with Crippen molar-refractivity contribution < 1.29 is 22.6 Å². The first-order chi connectivity index (χ1) is 7.06. The third kappa shape index (κ3) is 13.7. The molecule has 0 atom stereocenters. The van der Waals surface area contributed by atoms with Gasteiger partial charge in [-0.15, -0.1) is 0 Å². The Labute approximate surface area is 87.9 Å². The molecule has 0 amide bonds. The quantitative estimate of drug-likeness (QED) is 0.609. The number of hydrogen-bond acceptors (Lipinski definition) is 3. The first kappa shape index (κ1) is 14.7. The predicted molar refractivity (Wildman–Crippen MR) is 50.9 cm³/mol. The molecule has 15 heavy (non-hydrogen) atoms. The van der Waals surface area contributed by atoms with E-state index in [0.717, 1.165) is 19.5 Å². The summed E-state index contributed by atoms with van der Waals surface area (Å²) in [5.74, 6) is 0. The number of nitrogens with one attached hydrogen (secondary N) is 1. The summed E-state index contributed by atoms with van der Waals surface area (Å²) in [4.78, 5) is 0. The van der Waals surface area contributed by atoms with Gasteiger partial charge in [0.1, 0.15) is 6.61 Å².